The van der Waals surface area contributed by atoms with Crippen molar-refractivity contribution in [3.05, 3.63) is 12.7 Å². The highest BCUT2D eigenvalue weighted by molar-refractivity contribution is 4.91. The van der Waals surface area contributed by atoms with Gasteiger partial charge in [-0.1, -0.05) is 26.8 Å². The van der Waals surface area contributed by atoms with Crippen LogP contribution in [0, 0.1) is 11.3 Å². The fourth-order valence-corrected chi connectivity index (χ4v) is 0.770. The van der Waals surface area contributed by atoms with Gasteiger partial charge in [-0.05, 0) is 24.9 Å². The SMILES string of the molecule is C=CC(C)(C)C(C)CNC. The molecule has 0 amide bonds. The molecule has 0 aliphatic heterocycles. The summed E-state index contributed by atoms with van der Waals surface area (Å²) in [5, 5.41) is 3.16. The molecule has 0 aliphatic rings. The first-order valence-corrected chi connectivity index (χ1v) is 3.82. The van der Waals surface area contributed by atoms with E-state index in [9.17, 15) is 0 Å². The highest BCUT2D eigenvalue weighted by atomic mass is 14.8. The molecule has 0 aromatic rings. The fourth-order valence-electron chi connectivity index (χ4n) is 0.770. The topological polar surface area (TPSA) is 12.0 Å². The lowest BCUT2D eigenvalue weighted by atomic mass is 9.80. The fraction of sp³-hybridized carbons (Fsp3) is 0.778. The Balaban J connectivity index is 3.90. The number of nitrogens with one attached hydrogen (secondary N) is 1. The molecule has 1 unspecified atom stereocenters. The van der Waals surface area contributed by atoms with Crippen molar-refractivity contribution in [1.29, 1.82) is 0 Å². The van der Waals surface area contributed by atoms with Crippen LogP contribution >= 0.6 is 0 Å². The summed E-state index contributed by atoms with van der Waals surface area (Å²) in [6.45, 7) is 11.5. The van der Waals surface area contributed by atoms with E-state index in [4.69, 9.17) is 0 Å². The monoisotopic (exact) mass is 141 g/mol. The van der Waals surface area contributed by atoms with Crippen LogP contribution in [0.5, 0.6) is 0 Å². The molecule has 0 saturated carbocycles. The van der Waals surface area contributed by atoms with Gasteiger partial charge in [-0.2, -0.15) is 0 Å². The third-order valence-corrected chi connectivity index (χ3v) is 2.31. The van der Waals surface area contributed by atoms with Crippen LogP contribution in [-0.4, -0.2) is 13.6 Å². The quantitative estimate of drug-likeness (QED) is 0.591. The van der Waals surface area contributed by atoms with Gasteiger partial charge in [-0.15, -0.1) is 6.58 Å². The molecular weight excluding hydrogens is 122 g/mol. The minimum Gasteiger partial charge on any atom is -0.319 e. The summed E-state index contributed by atoms with van der Waals surface area (Å²) in [6, 6.07) is 0. The predicted octanol–water partition coefficient (Wildman–Crippen LogP) is 2.05. The Morgan fingerprint density at radius 2 is 2.10 bits per heavy atom. The molecule has 0 aliphatic carbocycles. The van der Waals surface area contributed by atoms with Crippen molar-refractivity contribution in [2.24, 2.45) is 11.3 Å². The van der Waals surface area contributed by atoms with Crippen LogP contribution in [0.4, 0.5) is 0 Å². The first-order chi connectivity index (χ1) is 4.54. The van der Waals surface area contributed by atoms with E-state index in [1.54, 1.807) is 0 Å². The first-order valence-electron chi connectivity index (χ1n) is 3.82. The Morgan fingerprint density at radius 3 is 2.40 bits per heavy atom. The molecule has 0 bridgehead atoms. The summed E-state index contributed by atoms with van der Waals surface area (Å²) in [5.41, 5.74) is 0.253. The molecule has 0 heterocycles. The van der Waals surface area contributed by atoms with E-state index in [1.807, 2.05) is 13.1 Å². The summed E-state index contributed by atoms with van der Waals surface area (Å²) >= 11 is 0. The van der Waals surface area contributed by atoms with E-state index in [1.165, 1.54) is 0 Å². The zero-order chi connectivity index (χ0) is 8.20. The van der Waals surface area contributed by atoms with Crippen molar-refractivity contribution in [1.82, 2.24) is 5.32 Å². The molecule has 10 heavy (non-hydrogen) atoms. The van der Waals surface area contributed by atoms with Gasteiger partial charge in [0.05, 0.1) is 0 Å². The highest BCUT2D eigenvalue weighted by Crippen LogP contribution is 2.26. The third-order valence-electron chi connectivity index (χ3n) is 2.31. The number of hydrogen-bond acceptors (Lipinski definition) is 1. The molecule has 0 aromatic carbocycles. The molecule has 0 fully saturated rings. The zero-order valence-corrected chi connectivity index (χ0v) is 7.57. The second-order valence-electron chi connectivity index (χ2n) is 3.48. The van der Waals surface area contributed by atoms with Crippen LogP contribution in [0.25, 0.3) is 0 Å². The van der Waals surface area contributed by atoms with E-state index in [0.29, 0.717) is 5.92 Å². The minimum atomic E-state index is 0.253. The van der Waals surface area contributed by atoms with Crippen LogP contribution in [0.1, 0.15) is 20.8 Å². The van der Waals surface area contributed by atoms with E-state index in [-0.39, 0.29) is 5.41 Å². The molecule has 0 aromatic heterocycles. The van der Waals surface area contributed by atoms with Crippen molar-refractivity contribution in [2.75, 3.05) is 13.6 Å². The Bertz CT molecular complexity index is 105. The predicted molar refractivity (Wildman–Crippen MR) is 47.1 cm³/mol. The second-order valence-corrected chi connectivity index (χ2v) is 3.48. The maximum atomic E-state index is 3.81. The lowest BCUT2D eigenvalue weighted by Gasteiger charge is -2.27. The highest BCUT2D eigenvalue weighted by Gasteiger charge is 2.20. The van der Waals surface area contributed by atoms with Gasteiger partial charge in [0, 0.05) is 0 Å². The molecule has 1 atom stereocenters. The Kier molecular flexibility index (Phi) is 3.66. The van der Waals surface area contributed by atoms with Crippen molar-refractivity contribution >= 4 is 0 Å². The van der Waals surface area contributed by atoms with Crippen molar-refractivity contribution in [3.63, 3.8) is 0 Å². The Morgan fingerprint density at radius 1 is 1.60 bits per heavy atom. The van der Waals surface area contributed by atoms with E-state index in [2.05, 4.69) is 32.7 Å². The number of rotatable bonds is 4. The first kappa shape index (κ1) is 9.70. The van der Waals surface area contributed by atoms with E-state index in [0.717, 1.165) is 6.54 Å². The van der Waals surface area contributed by atoms with Gasteiger partial charge in [0.15, 0.2) is 0 Å². The molecule has 1 nitrogen and oxygen atoms in total. The number of allylic oxidation sites excluding steroid dienone is 1. The Labute approximate surface area is 64.5 Å². The van der Waals surface area contributed by atoms with Crippen LogP contribution in [0.2, 0.25) is 0 Å². The van der Waals surface area contributed by atoms with Crippen molar-refractivity contribution in [2.45, 2.75) is 20.8 Å². The molecular formula is C9H19N. The molecule has 0 spiro atoms. The zero-order valence-electron chi connectivity index (χ0n) is 7.57. The van der Waals surface area contributed by atoms with Crippen LogP contribution in [-0.2, 0) is 0 Å². The van der Waals surface area contributed by atoms with Gasteiger partial charge >= 0.3 is 0 Å². The number of hydrogen-bond donors (Lipinski definition) is 1. The van der Waals surface area contributed by atoms with Gasteiger partial charge in [0.25, 0.3) is 0 Å². The molecule has 1 heteroatoms. The third kappa shape index (κ3) is 2.53. The largest absolute Gasteiger partial charge is 0.319 e. The van der Waals surface area contributed by atoms with Crippen LogP contribution < -0.4 is 5.32 Å². The molecule has 0 radical (unpaired) electrons. The van der Waals surface area contributed by atoms with Crippen molar-refractivity contribution < 1.29 is 0 Å². The maximum Gasteiger partial charge on any atom is -0.00181 e. The Hall–Kier alpha value is -0.300. The lowest BCUT2D eigenvalue weighted by molar-refractivity contribution is 0.301. The summed E-state index contributed by atoms with van der Waals surface area (Å²) in [5.74, 6) is 0.648. The molecule has 0 rings (SSSR count). The standard InChI is InChI=1S/C9H19N/c1-6-9(3,4)8(2)7-10-5/h6,8,10H,1,7H2,2-5H3. The maximum absolute atomic E-state index is 3.81. The summed E-state index contributed by atoms with van der Waals surface area (Å²) in [7, 11) is 1.98. The van der Waals surface area contributed by atoms with Crippen molar-refractivity contribution in [3.8, 4) is 0 Å². The summed E-state index contributed by atoms with van der Waals surface area (Å²) in [6.07, 6.45) is 2.02. The molecule has 1 N–H and O–H groups in total. The average molecular weight is 141 g/mol. The van der Waals surface area contributed by atoms with E-state index < -0.39 is 0 Å². The smallest absolute Gasteiger partial charge is 0.00181 e. The summed E-state index contributed by atoms with van der Waals surface area (Å²) in [4.78, 5) is 0. The normalized spacial score (nSPS) is 14.8. The summed E-state index contributed by atoms with van der Waals surface area (Å²) < 4.78 is 0. The molecule has 0 saturated heterocycles. The van der Waals surface area contributed by atoms with Gasteiger partial charge in [0.1, 0.15) is 0 Å². The minimum absolute atomic E-state index is 0.253. The molecule has 60 valence electrons. The van der Waals surface area contributed by atoms with E-state index >= 15 is 0 Å². The van der Waals surface area contributed by atoms with Gasteiger partial charge < -0.3 is 5.32 Å². The lowest BCUT2D eigenvalue weighted by Crippen LogP contribution is -2.28. The van der Waals surface area contributed by atoms with Gasteiger partial charge in [-0.3, -0.25) is 0 Å². The van der Waals surface area contributed by atoms with Gasteiger partial charge in [-0.25, -0.2) is 0 Å². The second kappa shape index (κ2) is 3.77. The van der Waals surface area contributed by atoms with Crippen LogP contribution in [0.3, 0.4) is 0 Å². The van der Waals surface area contributed by atoms with Gasteiger partial charge in [0.2, 0.25) is 0 Å². The van der Waals surface area contributed by atoms with Crippen LogP contribution in [0.15, 0.2) is 12.7 Å². The average Bonchev–Trinajstić information content (AvgIpc) is 1.89.